The third-order valence-corrected chi connectivity index (χ3v) is 3.89. The average Bonchev–Trinajstić information content (AvgIpc) is 2.31. The van der Waals surface area contributed by atoms with E-state index in [0.29, 0.717) is 10.6 Å². The highest BCUT2D eigenvalue weighted by atomic mass is 32.2. The zero-order valence-electron chi connectivity index (χ0n) is 10.3. The Morgan fingerprint density at radius 3 is 2.44 bits per heavy atom. The molecule has 4 heteroatoms. The first-order valence-corrected chi connectivity index (χ1v) is 7.44. The Morgan fingerprint density at radius 1 is 1.06 bits per heavy atom. The number of nitrogens with two attached hydrogens (primary N) is 1. The lowest BCUT2D eigenvalue weighted by molar-refractivity contribution is 0.602. The van der Waals surface area contributed by atoms with Gasteiger partial charge in [0.2, 0.25) is 0 Å². The van der Waals surface area contributed by atoms with E-state index in [-0.39, 0.29) is 0 Å². The van der Waals surface area contributed by atoms with Crippen molar-refractivity contribution in [2.45, 2.75) is 11.8 Å². The van der Waals surface area contributed by atoms with Gasteiger partial charge in [-0.2, -0.15) is 0 Å². The molecule has 0 amide bonds. The van der Waals surface area contributed by atoms with Crippen molar-refractivity contribution in [2.75, 3.05) is 12.0 Å². The van der Waals surface area contributed by atoms with Gasteiger partial charge in [-0.1, -0.05) is 23.8 Å². The lowest BCUT2D eigenvalue weighted by Gasteiger charge is -2.08. The van der Waals surface area contributed by atoms with E-state index in [9.17, 15) is 8.42 Å². The van der Waals surface area contributed by atoms with Crippen LogP contribution in [0.4, 0.5) is 5.69 Å². The molecule has 0 aliphatic heterocycles. The van der Waals surface area contributed by atoms with Crippen LogP contribution in [-0.4, -0.2) is 14.7 Å². The molecule has 3 nitrogen and oxygen atoms in total. The van der Waals surface area contributed by atoms with Gasteiger partial charge in [0.05, 0.1) is 4.90 Å². The van der Waals surface area contributed by atoms with Crippen LogP contribution in [0.25, 0.3) is 11.1 Å². The van der Waals surface area contributed by atoms with Gasteiger partial charge < -0.3 is 5.73 Å². The monoisotopic (exact) mass is 261 g/mol. The molecule has 0 radical (unpaired) electrons. The first-order chi connectivity index (χ1) is 8.38. The summed E-state index contributed by atoms with van der Waals surface area (Å²) in [4.78, 5) is 0.306. The summed E-state index contributed by atoms with van der Waals surface area (Å²) in [5.74, 6) is 0. The fourth-order valence-corrected chi connectivity index (χ4v) is 2.48. The molecule has 0 fully saturated rings. The number of benzene rings is 2. The molecule has 94 valence electrons. The van der Waals surface area contributed by atoms with Crippen molar-refractivity contribution in [3.8, 4) is 11.1 Å². The fourth-order valence-electron chi connectivity index (χ4n) is 1.81. The molecule has 0 unspecified atom stereocenters. The van der Waals surface area contributed by atoms with E-state index in [2.05, 4.69) is 0 Å². The smallest absolute Gasteiger partial charge is 0.175 e. The minimum absolute atomic E-state index is 0.306. The SMILES string of the molecule is Cc1ccc(N)c(-c2cccc(S(C)(=O)=O)c2)c1. The second kappa shape index (κ2) is 4.46. The van der Waals surface area contributed by atoms with Gasteiger partial charge in [0, 0.05) is 17.5 Å². The zero-order chi connectivity index (χ0) is 13.3. The molecule has 0 saturated carbocycles. The molecule has 0 atom stereocenters. The summed E-state index contributed by atoms with van der Waals surface area (Å²) in [5, 5.41) is 0. The van der Waals surface area contributed by atoms with E-state index in [4.69, 9.17) is 5.73 Å². The van der Waals surface area contributed by atoms with Gasteiger partial charge in [-0.05, 0) is 36.8 Å². The van der Waals surface area contributed by atoms with E-state index >= 15 is 0 Å². The van der Waals surface area contributed by atoms with Crippen LogP contribution in [0.5, 0.6) is 0 Å². The molecule has 0 aliphatic rings. The summed E-state index contributed by atoms with van der Waals surface area (Å²) in [6, 6.07) is 12.5. The molecule has 0 spiro atoms. The van der Waals surface area contributed by atoms with Crippen LogP contribution in [0.2, 0.25) is 0 Å². The molecule has 18 heavy (non-hydrogen) atoms. The fraction of sp³-hybridized carbons (Fsp3) is 0.143. The number of aryl methyl sites for hydroxylation is 1. The minimum atomic E-state index is -3.20. The first-order valence-electron chi connectivity index (χ1n) is 5.54. The summed E-state index contributed by atoms with van der Waals surface area (Å²) < 4.78 is 23.1. The van der Waals surface area contributed by atoms with E-state index < -0.39 is 9.84 Å². The molecular weight excluding hydrogens is 246 g/mol. The molecule has 2 aromatic rings. The van der Waals surface area contributed by atoms with Gasteiger partial charge in [-0.25, -0.2) is 8.42 Å². The van der Waals surface area contributed by atoms with Crippen molar-refractivity contribution < 1.29 is 8.42 Å². The average molecular weight is 261 g/mol. The second-order valence-corrected chi connectivity index (χ2v) is 6.41. The van der Waals surface area contributed by atoms with Crippen molar-refractivity contribution in [3.63, 3.8) is 0 Å². The maximum absolute atomic E-state index is 11.5. The Hall–Kier alpha value is -1.81. The Bertz CT molecular complexity index is 691. The van der Waals surface area contributed by atoms with Gasteiger partial charge >= 0.3 is 0 Å². The third kappa shape index (κ3) is 2.54. The number of sulfone groups is 1. The predicted octanol–water partition coefficient (Wildman–Crippen LogP) is 2.65. The van der Waals surface area contributed by atoms with E-state index in [0.717, 1.165) is 16.7 Å². The van der Waals surface area contributed by atoms with Crippen LogP contribution < -0.4 is 5.73 Å². The molecule has 2 N–H and O–H groups in total. The Morgan fingerprint density at radius 2 is 1.78 bits per heavy atom. The highest BCUT2D eigenvalue weighted by Gasteiger charge is 2.09. The molecule has 0 heterocycles. The molecular formula is C14H15NO2S. The van der Waals surface area contributed by atoms with Gasteiger partial charge in [-0.15, -0.1) is 0 Å². The summed E-state index contributed by atoms with van der Waals surface area (Å²) in [7, 11) is -3.20. The van der Waals surface area contributed by atoms with Crippen molar-refractivity contribution in [1.29, 1.82) is 0 Å². The highest BCUT2D eigenvalue weighted by Crippen LogP contribution is 2.28. The lowest BCUT2D eigenvalue weighted by Crippen LogP contribution is -1.97. The maximum Gasteiger partial charge on any atom is 0.175 e. The van der Waals surface area contributed by atoms with Crippen LogP contribution in [0, 0.1) is 6.92 Å². The largest absolute Gasteiger partial charge is 0.398 e. The van der Waals surface area contributed by atoms with Gasteiger partial charge in [0.15, 0.2) is 9.84 Å². The standard InChI is InChI=1S/C14H15NO2S/c1-10-6-7-14(15)13(8-10)11-4-3-5-12(9-11)18(2,16)17/h3-9H,15H2,1-2H3. The van der Waals surface area contributed by atoms with E-state index in [1.807, 2.05) is 31.2 Å². The molecule has 0 bridgehead atoms. The van der Waals surface area contributed by atoms with Crippen molar-refractivity contribution in [3.05, 3.63) is 48.0 Å². The number of hydrogen-bond acceptors (Lipinski definition) is 3. The molecule has 0 aromatic heterocycles. The molecule has 2 aromatic carbocycles. The van der Waals surface area contributed by atoms with E-state index in [1.165, 1.54) is 6.26 Å². The topological polar surface area (TPSA) is 60.2 Å². The Labute approximate surface area is 107 Å². The maximum atomic E-state index is 11.5. The minimum Gasteiger partial charge on any atom is -0.398 e. The molecule has 0 saturated heterocycles. The summed E-state index contributed by atoms with van der Waals surface area (Å²) in [5.41, 5.74) is 9.34. The number of nitrogen functional groups attached to an aromatic ring is 1. The number of hydrogen-bond donors (Lipinski definition) is 1. The quantitative estimate of drug-likeness (QED) is 0.845. The van der Waals surface area contributed by atoms with Crippen LogP contribution in [0.1, 0.15) is 5.56 Å². The first kappa shape index (κ1) is 12.6. The normalized spacial score (nSPS) is 11.4. The number of rotatable bonds is 2. The highest BCUT2D eigenvalue weighted by molar-refractivity contribution is 7.90. The van der Waals surface area contributed by atoms with Crippen LogP contribution in [0.3, 0.4) is 0 Å². The van der Waals surface area contributed by atoms with Crippen LogP contribution in [-0.2, 0) is 9.84 Å². The van der Waals surface area contributed by atoms with Gasteiger partial charge in [-0.3, -0.25) is 0 Å². The molecule has 0 aliphatic carbocycles. The number of anilines is 1. The summed E-state index contributed by atoms with van der Waals surface area (Å²) >= 11 is 0. The summed E-state index contributed by atoms with van der Waals surface area (Å²) in [6.45, 7) is 1.98. The summed E-state index contributed by atoms with van der Waals surface area (Å²) in [6.07, 6.45) is 1.20. The van der Waals surface area contributed by atoms with Crippen molar-refractivity contribution in [2.24, 2.45) is 0 Å². The Balaban J connectivity index is 2.62. The van der Waals surface area contributed by atoms with Crippen molar-refractivity contribution in [1.82, 2.24) is 0 Å². The third-order valence-electron chi connectivity index (χ3n) is 2.78. The van der Waals surface area contributed by atoms with Crippen LogP contribution in [0.15, 0.2) is 47.4 Å². The Kier molecular flexibility index (Phi) is 3.13. The second-order valence-electron chi connectivity index (χ2n) is 4.39. The molecule has 2 rings (SSSR count). The van der Waals surface area contributed by atoms with Crippen LogP contribution >= 0.6 is 0 Å². The van der Waals surface area contributed by atoms with Gasteiger partial charge in [0.1, 0.15) is 0 Å². The van der Waals surface area contributed by atoms with Crippen molar-refractivity contribution >= 4 is 15.5 Å². The zero-order valence-corrected chi connectivity index (χ0v) is 11.2. The predicted molar refractivity (Wildman–Crippen MR) is 74.1 cm³/mol. The van der Waals surface area contributed by atoms with Gasteiger partial charge in [0.25, 0.3) is 0 Å². The lowest BCUT2D eigenvalue weighted by atomic mass is 10.0. The van der Waals surface area contributed by atoms with E-state index in [1.54, 1.807) is 18.2 Å².